The maximum Gasteiger partial charge on any atom is 0.123 e. The summed E-state index contributed by atoms with van der Waals surface area (Å²) in [5.74, 6) is -0.157. The second-order valence-corrected chi connectivity index (χ2v) is 8.41. The lowest BCUT2D eigenvalue weighted by atomic mass is 9.74. The average molecular weight is 339 g/mol. The lowest BCUT2D eigenvalue weighted by Crippen LogP contribution is -2.42. The molecule has 1 nitrogen and oxygen atoms in total. The molecule has 1 aliphatic rings. The monoisotopic (exact) mass is 339 g/mol. The minimum atomic E-state index is -0.157. The second kappa shape index (κ2) is 7.29. The molecule has 0 amide bonds. The molecule has 0 bridgehead atoms. The number of hydrogen-bond donors (Lipinski definition) is 0. The zero-order valence-corrected chi connectivity index (χ0v) is 15.8. The van der Waals surface area contributed by atoms with E-state index in [-0.39, 0.29) is 11.2 Å². The molecule has 1 saturated heterocycles. The Kier molecular flexibility index (Phi) is 5.29. The summed E-state index contributed by atoms with van der Waals surface area (Å²) in [5.41, 5.74) is 3.08. The molecule has 25 heavy (non-hydrogen) atoms. The van der Waals surface area contributed by atoms with Crippen molar-refractivity contribution in [1.29, 1.82) is 0 Å². The van der Waals surface area contributed by atoms with Crippen LogP contribution >= 0.6 is 0 Å². The molecule has 2 aromatic carbocycles. The molecule has 3 rings (SSSR count). The van der Waals surface area contributed by atoms with E-state index in [1.807, 2.05) is 12.1 Å². The standard InChI is InChI=1S/C23H30FN/c1-22(2,19-9-11-21(24)12-10-19)13-16-25-17-14-23(3,15-18-25)20-7-5-4-6-8-20/h4-12H,13-18H2,1-3H3. The number of likely N-dealkylation sites (tertiary alicyclic amines) is 1. The summed E-state index contributed by atoms with van der Waals surface area (Å²) in [7, 11) is 0. The van der Waals surface area contributed by atoms with Crippen molar-refractivity contribution in [3.63, 3.8) is 0 Å². The van der Waals surface area contributed by atoms with Crippen LogP contribution in [0.2, 0.25) is 0 Å². The molecule has 0 N–H and O–H groups in total. The first kappa shape index (κ1) is 18.1. The molecule has 0 saturated carbocycles. The first-order valence-corrected chi connectivity index (χ1v) is 9.43. The Morgan fingerprint density at radius 1 is 0.960 bits per heavy atom. The Morgan fingerprint density at radius 2 is 1.56 bits per heavy atom. The highest BCUT2D eigenvalue weighted by Crippen LogP contribution is 2.35. The zero-order chi connectivity index (χ0) is 17.9. The third-order valence-corrected chi connectivity index (χ3v) is 6.11. The van der Waals surface area contributed by atoms with Gasteiger partial charge in [-0.1, -0.05) is 63.2 Å². The number of nitrogens with zero attached hydrogens (tertiary/aromatic N) is 1. The van der Waals surface area contributed by atoms with Crippen molar-refractivity contribution in [3.05, 3.63) is 71.5 Å². The normalized spacial score (nSPS) is 18.2. The van der Waals surface area contributed by atoms with E-state index in [9.17, 15) is 4.39 Å². The van der Waals surface area contributed by atoms with E-state index in [0.717, 1.165) is 26.1 Å². The van der Waals surface area contributed by atoms with Crippen LogP contribution in [0.4, 0.5) is 4.39 Å². The van der Waals surface area contributed by atoms with E-state index < -0.39 is 0 Å². The molecule has 0 radical (unpaired) electrons. The summed E-state index contributed by atoms with van der Waals surface area (Å²) in [6, 6.07) is 17.9. The molecule has 0 aromatic heterocycles. The van der Waals surface area contributed by atoms with Crippen molar-refractivity contribution in [1.82, 2.24) is 4.90 Å². The summed E-state index contributed by atoms with van der Waals surface area (Å²) < 4.78 is 13.2. The van der Waals surface area contributed by atoms with Crippen LogP contribution < -0.4 is 0 Å². The van der Waals surface area contributed by atoms with Crippen LogP contribution in [0.15, 0.2) is 54.6 Å². The summed E-state index contributed by atoms with van der Waals surface area (Å²) in [6.45, 7) is 10.4. The molecule has 1 heterocycles. The van der Waals surface area contributed by atoms with Crippen molar-refractivity contribution in [2.24, 2.45) is 0 Å². The fraction of sp³-hybridized carbons (Fsp3) is 0.478. The summed E-state index contributed by atoms with van der Waals surface area (Å²) in [6.07, 6.45) is 3.53. The number of benzene rings is 2. The van der Waals surface area contributed by atoms with Crippen molar-refractivity contribution in [2.75, 3.05) is 19.6 Å². The van der Waals surface area contributed by atoms with Crippen molar-refractivity contribution >= 4 is 0 Å². The quantitative estimate of drug-likeness (QED) is 0.690. The van der Waals surface area contributed by atoms with Gasteiger partial charge in [0.05, 0.1) is 0 Å². The number of rotatable bonds is 5. The highest BCUT2D eigenvalue weighted by molar-refractivity contribution is 5.26. The van der Waals surface area contributed by atoms with E-state index in [2.05, 4.69) is 56.0 Å². The van der Waals surface area contributed by atoms with Gasteiger partial charge in [0, 0.05) is 0 Å². The fourth-order valence-electron chi connectivity index (χ4n) is 3.88. The molecule has 0 aliphatic carbocycles. The predicted octanol–water partition coefficient (Wildman–Crippen LogP) is 5.55. The summed E-state index contributed by atoms with van der Waals surface area (Å²) in [4.78, 5) is 2.59. The third-order valence-electron chi connectivity index (χ3n) is 6.11. The van der Waals surface area contributed by atoms with Gasteiger partial charge in [-0.3, -0.25) is 0 Å². The number of halogens is 1. The average Bonchev–Trinajstić information content (AvgIpc) is 2.62. The van der Waals surface area contributed by atoms with E-state index in [1.165, 1.54) is 24.0 Å². The molecule has 0 unspecified atom stereocenters. The van der Waals surface area contributed by atoms with Gasteiger partial charge in [-0.25, -0.2) is 4.39 Å². The summed E-state index contributed by atoms with van der Waals surface area (Å²) >= 11 is 0. The van der Waals surface area contributed by atoms with Crippen LogP contribution in [0.5, 0.6) is 0 Å². The summed E-state index contributed by atoms with van der Waals surface area (Å²) in [5, 5.41) is 0. The van der Waals surface area contributed by atoms with E-state index in [0.29, 0.717) is 5.41 Å². The van der Waals surface area contributed by atoms with Crippen molar-refractivity contribution in [3.8, 4) is 0 Å². The molecule has 2 aromatic rings. The highest BCUT2D eigenvalue weighted by atomic mass is 19.1. The van der Waals surface area contributed by atoms with Crippen LogP contribution in [-0.4, -0.2) is 24.5 Å². The fourth-order valence-corrected chi connectivity index (χ4v) is 3.88. The first-order chi connectivity index (χ1) is 11.9. The Hall–Kier alpha value is -1.67. The molecule has 134 valence electrons. The van der Waals surface area contributed by atoms with Crippen LogP contribution in [0.1, 0.15) is 51.2 Å². The van der Waals surface area contributed by atoms with Gasteiger partial charge < -0.3 is 4.90 Å². The second-order valence-electron chi connectivity index (χ2n) is 8.41. The molecular formula is C23H30FN. The smallest absolute Gasteiger partial charge is 0.123 e. The van der Waals surface area contributed by atoms with Gasteiger partial charge in [0.15, 0.2) is 0 Å². The lowest BCUT2D eigenvalue weighted by Gasteiger charge is -2.41. The van der Waals surface area contributed by atoms with Crippen LogP contribution in [0.25, 0.3) is 0 Å². The van der Waals surface area contributed by atoms with E-state index >= 15 is 0 Å². The van der Waals surface area contributed by atoms with Gasteiger partial charge in [0.2, 0.25) is 0 Å². The van der Waals surface area contributed by atoms with Gasteiger partial charge in [-0.2, -0.15) is 0 Å². The van der Waals surface area contributed by atoms with Crippen LogP contribution in [0.3, 0.4) is 0 Å². The van der Waals surface area contributed by atoms with E-state index in [1.54, 1.807) is 12.1 Å². The maximum atomic E-state index is 13.2. The number of hydrogen-bond acceptors (Lipinski definition) is 1. The van der Waals surface area contributed by atoms with Crippen molar-refractivity contribution in [2.45, 2.75) is 50.9 Å². The maximum absolute atomic E-state index is 13.2. The molecular weight excluding hydrogens is 309 g/mol. The zero-order valence-electron chi connectivity index (χ0n) is 15.8. The third kappa shape index (κ3) is 4.30. The van der Waals surface area contributed by atoms with Gasteiger partial charge in [0.25, 0.3) is 0 Å². The largest absolute Gasteiger partial charge is 0.303 e. The number of piperidine rings is 1. The Morgan fingerprint density at radius 3 is 2.16 bits per heavy atom. The topological polar surface area (TPSA) is 3.24 Å². The van der Waals surface area contributed by atoms with E-state index in [4.69, 9.17) is 0 Å². The Labute approximate surface area is 151 Å². The first-order valence-electron chi connectivity index (χ1n) is 9.43. The molecule has 0 atom stereocenters. The van der Waals surface area contributed by atoms with Gasteiger partial charge in [-0.15, -0.1) is 0 Å². The molecule has 1 fully saturated rings. The van der Waals surface area contributed by atoms with Gasteiger partial charge >= 0.3 is 0 Å². The van der Waals surface area contributed by atoms with Crippen LogP contribution in [-0.2, 0) is 10.8 Å². The minimum Gasteiger partial charge on any atom is -0.303 e. The Bertz CT molecular complexity index is 667. The molecule has 0 spiro atoms. The highest BCUT2D eigenvalue weighted by Gasteiger charge is 2.32. The lowest BCUT2D eigenvalue weighted by molar-refractivity contribution is 0.158. The van der Waals surface area contributed by atoms with Crippen LogP contribution in [0, 0.1) is 5.82 Å². The van der Waals surface area contributed by atoms with Gasteiger partial charge in [0.1, 0.15) is 5.82 Å². The molecule has 2 heteroatoms. The SMILES string of the molecule is CC(C)(CCN1CCC(C)(c2ccccc2)CC1)c1ccc(F)cc1. The minimum absolute atomic E-state index is 0.0773. The van der Waals surface area contributed by atoms with Crippen molar-refractivity contribution < 1.29 is 4.39 Å². The van der Waals surface area contributed by atoms with Gasteiger partial charge in [-0.05, 0) is 73.0 Å². The Balaban J connectivity index is 1.55. The molecule has 1 aliphatic heterocycles. The predicted molar refractivity (Wildman–Crippen MR) is 104 cm³/mol.